The Bertz CT molecular complexity index is 346. The number of aliphatic hydroxyl groups is 1. The molecule has 1 N–H and O–H groups in total. The van der Waals surface area contributed by atoms with Crippen LogP contribution in [0.15, 0.2) is 24.8 Å². The molecule has 0 spiro atoms. The average Bonchev–Trinajstić information content (AvgIpc) is 2.28. The Hall–Kier alpha value is -0.990. The van der Waals surface area contributed by atoms with Gasteiger partial charge in [-0.25, -0.2) is 0 Å². The first-order valence-electron chi connectivity index (χ1n) is 3.52. The van der Waals surface area contributed by atoms with E-state index in [0.717, 1.165) is 5.56 Å². The lowest BCUT2D eigenvalue weighted by Crippen LogP contribution is -1.91. The van der Waals surface area contributed by atoms with E-state index < -0.39 is 6.29 Å². The van der Waals surface area contributed by atoms with Gasteiger partial charge in [0.15, 0.2) is 0 Å². The summed E-state index contributed by atoms with van der Waals surface area (Å²) in [6.07, 6.45) is -0.911. The van der Waals surface area contributed by atoms with Crippen molar-refractivity contribution >= 4 is 17.4 Å². The molecule has 3 heteroatoms. The number of fused-ring (bicyclic) bond motifs is 1. The van der Waals surface area contributed by atoms with Gasteiger partial charge in [-0.05, 0) is 18.2 Å². The van der Waals surface area contributed by atoms with E-state index in [4.69, 9.17) is 16.3 Å². The van der Waals surface area contributed by atoms with E-state index in [0.29, 0.717) is 16.3 Å². The Morgan fingerprint density at radius 2 is 2.25 bits per heavy atom. The van der Waals surface area contributed by atoms with Gasteiger partial charge in [0.25, 0.3) is 0 Å². The van der Waals surface area contributed by atoms with Crippen molar-refractivity contribution < 1.29 is 9.84 Å². The normalized spacial score (nSPS) is 20.5. The fourth-order valence-electron chi connectivity index (χ4n) is 1.25. The third kappa shape index (κ3) is 1.00. The van der Waals surface area contributed by atoms with Crippen LogP contribution in [-0.4, -0.2) is 5.11 Å². The van der Waals surface area contributed by atoms with Crippen molar-refractivity contribution in [3.8, 4) is 0 Å². The first-order chi connectivity index (χ1) is 5.68. The van der Waals surface area contributed by atoms with Gasteiger partial charge in [-0.15, -0.1) is 0 Å². The van der Waals surface area contributed by atoms with Crippen LogP contribution in [0.2, 0.25) is 5.02 Å². The average molecular weight is 183 g/mol. The third-order valence-electron chi connectivity index (χ3n) is 1.83. The summed E-state index contributed by atoms with van der Waals surface area (Å²) >= 11 is 5.74. The zero-order chi connectivity index (χ0) is 8.72. The molecular weight excluding hydrogens is 176 g/mol. The molecule has 0 fully saturated rings. The van der Waals surface area contributed by atoms with Crippen LogP contribution in [-0.2, 0) is 4.74 Å². The predicted molar refractivity (Wildman–Crippen MR) is 46.5 cm³/mol. The second kappa shape index (κ2) is 2.51. The summed E-state index contributed by atoms with van der Waals surface area (Å²) in [5.74, 6) is 0.495. The Kier molecular flexibility index (Phi) is 1.60. The van der Waals surface area contributed by atoms with Crippen LogP contribution in [0.3, 0.4) is 0 Å². The van der Waals surface area contributed by atoms with Gasteiger partial charge in [-0.3, -0.25) is 0 Å². The van der Waals surface area contributed by atoms with Crippen LogP contribution in [0.1, 0.15) is 17.4 Å². The summed E-state index contributed by atoms with van der Waals surface area (Å²) in [6.45, 7) is 3.65. The van der Waals surface area contributed by atoms with Gasteiger partial charge in [-0.1, -0.05) is 18.2 Å². The Labute approximate surface area is 75.0 Å². The highest BCUT2D eigenvalue weighted by Crippen LogP contribution is 2.36. The second-order valence-corrected chi connectivity index (χ2v) is 3.06. The molecule has 12 heavy (non-hydrogen) atoms. The Balaban J connectivity index is 2.60. The largest absolute Gasteiger partial charge is 0.461 e. The minimum atomic E-state index is -0.911. The second-order valence-electron chi connectivity index (χ2n) is 2.62. The van der Waals surface area contributed by atoms with Crippen LogP contribution in [0.25, 0.3) is 5.76 Å². The molecule has 1 aromatic carbocycles. The molecule has 0 saturated carbocycles. The van der Waals surface area contributed by atoms with Gasteiger partial charge >= 0.3 is 0 Å². The lowest BCUT2D eigenvalue weighted by atomic mass is 10.1. The maximum Gasteiger partial charge on any atom is 0.225 e. The molecule has 0 radical (unpaired) electrons. The quantitative estimate of drug-likeness (QED) is 0.668. The maximum absolute atomic E-state index is 9.33. The molecule has 1 aromatic rings. The topological polar surface area (TPSA) is 29.5 Å². The molecule has 1 unspecified atom stereocenters. The highest BCUT2D eigenvalue weighted by molar-refractivity contribution is 6.30. The van der Waals surface area contributed by atoms with Crippen molar-refractivity contribution in [2.45, 2.75) is 6.29 Å². The molecule has 0 aromatic heterocycles. The lowest BCUT2D eigenvalue weighted by Gasteiger charge is -2.01. The van der Waals surface area contributed by atoms with Crippen molar-refractivity contribution in [2.75, 3.05) is 0 Å². The molecule has 0 aliphatic carbocycles. The number of hydrogen-bond donors (Lipinski definition) is 1. The minimum Gasteiger partial charge on any atom is -0.461 e. The molecule has 1 aliphatic heterocycles. The van der Waals surface area contributed by atoms with Crippen LogP contribution in [0.4, 0.5) is 0 Å². The van der Waals surface area contributed by atoms with Gasteiger partial charge in [0, 0.05) is 16.1 Å². The van der Waals surface area contributed by atoms with Crippen molar-refractivity contribution in [2.24, 2.45) is 0 Å². The molecule has 0 amide bonds. The Morgan fingerprint density at radius 3 is 3.00 bits per heavy atom. The van der Waals surface area contributed by atoms with E-state index in [2.05, 4.69) is 6.58 Å². The molecule has 1 aliphatic rings. The molecule has 2 rings (SSSR count). The molecule has 1 heterocycles. The molecule has 1 atom stereocenters. The standard InChI is InChI=1S/C9H7ClO2/c1-5-7-3-2-6(10)4-8(7)9(11)12-5/h2-4,9,11H,1H2. The minimum absolute atomic E-state index is 0.495. The van der Waals surface area contributed by atoms with Gasteiger partial charge in [-0.2, -0.15) is 0 Å². The lowest BCUT2D eigenvalue weighted by molar-refractivity contribution is -0.0292. The van der Waals surface area contributed by atoms with E-state index in [1.165, 1.54) is 0 Å². The van der Waals surface area contributed by atoms with E-state index >= 15 is 0 Å². The monoisotopic (exact) mass is 182 g/mol. The number of hydrogen-bond acceptors (Lipinski definition) is 2. The first-order valence-corrected chi connectivity index (χ1v) is 3.90. The molecule has 62 valence electrons. The Morgan fingerprint density at radius 1 is 1.50 bits per heavy atom. The highest BCUT2D eigenvalue weighted by Gasteiger charge is 2.24. The zero-order valence-electron chi connectivity index (χ0n) is 6.25. The van der Waals surface area contributed by atoms with Crippen molar-refractivity contribution in [3.63, 3.8) is 0 Å². The summed E-state index contributed by atoms with van der Waals surface area (Å²) in [5, 5.41) is 9.92. The third-order valence-corrected chi connectivity index (χ3v) is 2.07. The van der Waals surface area contributed by atoms with Crippen molar-refractivity contribution in [3.05, 3.63) is 40.9 Å². The predicted octanol–water partition coefficient (Wildman–Crippen LogP) is 2.33. The smallest absolute Gasteiger partial charge is 0.225 e. The van der Waals surface area contributed by atoms with E-state index in [1.54, 1.807) is 18.2 Å². The van der Waals surface area contributed by atoms with Crippen LogP contribution in [0, 0.1) is 0 Å². The van der Waals surface area contributed by atoms with E-state index in [1.807, 2.05) is 0 Å². The first kappa shape index (κ1) is 7.65. The molecular formula is C9H7ClO2. The summed E-state index contributed by atoms with van der Waals surface area (Å²) < 4.78 is 4.99. The number of ether oxygens (including phenoxy) is 1. The van der Waals surface area contributed by atoms with Crippen molar-refractivity contribution in [1.82, 2.24) is 0 Å². The molecule has 0 saturated heterocycles. The van der Waals surface area contributed by atoms with Crippen LogP contribution >= 0.6 is 11.6 Å². The van der Waals surface area contributed by atoms with E-state index in [9.17, 15) is 5.11 Å². The summed E-state index contributed by atoms with van der Waals surface area (Å²) in [7, 11) is 0. The number of rotatable bonds is 0. The number of aliphatic hydroxyl groups excluding tert-OH is 1. The fraction of sp³-hybridized carbons (Fsp3) is 0.111. The van der Waals surface area contributed by atoms with Crippen LogP contribution < -0.4 is 0 Å². The zero-order valence-corrected chi connectivity index (χ0v) is 7.01. The highest BCUT2D eigenvalue weighted by atomic mass is 35.5. The fourth-order valence-corrected chi connectivity index (χ4v) is 1.43. The summed E-state index contributed by atoms with van der Waals surface area (Å²) in [6, 6.07) is 5.21. The maximum atomic E-state index is 9.33. The van der Waals surface area contributed by atoms with E-state index in [-0.39, 0.29) is 0 Å². The van der Waals surface area contributed by atoms with Gasteiger partial charge < -0.3 is 9.84 Å². The van der Waals surface area contributed by atoms with Crippen LogP contribution in [0.5, 0.6) is 0 Å². The summed E-state index contributed by atoms with van der Waals surface area (Å²) in [4.78, 5) is 0. The van der Waals surface area contributed by atoms with Gasteiger partial charge in [0.1, 0.15) is 5.76 Å². The number of halogens is 1. The molecule has 0 bridgehead atoms. The number of benzene rings is 1. The van der Waals surface area contributed by atoms with Gasteiger partial charge in [0.2, 0.25) is 6.29 Å². The van der Waals surface area contributed by atoms with Crippen molar-refractivity contribution in [1.29, 1.82) is 0 Å². The summed E-state index contributed by atoms with van der Waals surface area (Å²) in [5.41, 5.74) is 1.51. The van der Waals surface area contributed by atoms with Gasteiger partial charge in [0.05, 0.1) is 0 Å². The SMILES string of the molecule is C=C1OC(O)c2cc(Cl)ccc21. The molecule has 2 nitrogen and oxygen atoms in total.